The molecule has 158 valence electrons. The number of hydrogen-bond acceptors (Lipinski definition) is 6. The van der Waals surface area contributed by atoms with Crippen LogP contribution in [-0.2, 0) is 9.53 Å². The Morgan fingerprint density at radius 1 is 1.17 bits per heavy atom. The van der Waals surface area contributed by atoms with Crippen LogP contribution in [-0.4, -0.2) is 35.7 Å². The number of esters is 1. The number of carbonyl (C=O) groups excluding carboxylic acids is 2. The molecule has 0 aliphatic carbocycles. The number of nitrogens with zero attached hydrogens (tertiary/aromatic N) is 2. The fourth-order valence-electron chi connectivity index (χ4n) is 2.65. The Balaban J connectivity index is 2.12. The van der Waals surface area contributed by atoms with E-state index in [2.05, 4.69) is 17.2 Å². The summed E-state index contributed by atoms with van der Waals surface area (Å²) in [7, 11) is 0. The minimum absolute atomic E-state index is 0.225. The SMILES string of the molecule is CCCCCN(C(=O)Nc1nccs1)c1ccc(OC(C)(C)C(=O)OCC)cc1. The van der Waals surface area contributed by atoms with E-state index in [1.807, 2.05) is 17.5 Å². The summed E-state index contributed by atoms with van der Waals surface area (Å²) in [5.74, 6) is 0.105. The molecule has 0 bridgehead atoms. The first-order valence-corrected chi connectivity index (χ1v) is 10.7. The van der Waals surface area contributed by atoms with E-state index < -0.39 is 11.6 Å². The average Bonchev–Trinajstić information content (AvgIpc) is 3.19. The molecule has 8 heteroatoms. The molecule has 1 aromatic heterocycles. The number of ether oxygens (including phenoxy) is 2. The van der Waals surface area contributed by atoms with E-state index in [0.717, 1.165) is 24.9 Å². The number of hydrogen-bond donors (Lipinski definition) is 1. The molecular formula is C21H29N3O4S. The Morgan fingerprint density at radius 2 is 1.90 bits per heavy atom. The van der Waals surface area contributed by atoms with Crippen molar-refractivity contribution in [3.8, 4) is 5.75 Å². The number of urea groups is 1. The van der Waals surface area contributed by atoms with E-state index in [1.165, 1.54) is 11.3 Å². The van der Waals surface area contributed by atoms with Gasteiger partial charge in [0.1, 0.15) is 5.75 Å². The first-order valence-electron chi connectivity index (χ1n) is 9.81. The molecule has 2 aromatic rings. The Labute approximate surface area is 176 Å². The van der Waals surface area contributed by atoms with Gasteiger partial charge in [-0.15, -0.1) is 11.3 Å². The third kappa shape index (κ3) is 6.74. The van der Waals surface area contributed by atoms with Crippen LogP contribution in [0.4, 0.5) is 15.6 Å². The van der Waals surface area contributed by atoms with Gasteiger partial charge in [0, 0.05) is 23.8 Å². The van der Waals surface area contributed by atoms with Crippen molar-refractivity contribution in [2.75, 3.05) is 23.4 Å². The van der Waals surface area contributed by atoms with E-state index in [9.17, 15) is 9.59 Å². The molecule has 0 saturated heterocycles. The highest BCUT2D eigenvalue weighted by molar-refractivity contribution is 7.13. The number of benzene rings is 1. The first-order chi connectivity index (χ1) is 13.9. The summed E-state index contributed by atoms with van der Waals surface area (Å²) in [5, 5.41) is 5.21. The summed E-state index contributed by atoms with van der Waals surface area (Å²) in [6.45, 7) is 8.10. The van der Waals surface area contributed by atoms with Crippen molar-refractivity contribution in [2.24, 2.45) is 0 Å². The molecule has 29 heavy (non-hydrogen) atoms. The van der Waals surface area contributed by atoms with Crippen molar-refractivity contribution in [2.45, 2.75) is 52.6 Å². The van der Waals surface area contributed by atoms with Crippen LogP contribution < -0.4 is 15.0 Å². The number of aromatic nitrogens is 1. The summed E-state index contributed by atoms with van der Waals surface area (Å²) in [6.07, 6.45) is 4.66. The van der Waals surface area contributed by atoms with Crippen LogP contribution in [0.3, 0.4) is 0 Å². The zero-order chi connectivity index (χ0) is 21.3. The van der Waals surface area contributed by atoms with Crippen LogP contribution >= 0.6 is 11.3 Å². The smallest absolute Gasteiger partial charge is 0.349 e. The fraction of sp³-hybridized carbons (Fsp3) is 0.476. The molecule has 1 aromatic carbocycles. The third-order valence-corrected chi connectivity index (χ3v) is 4.85. The largest absolute Gasteiger partial charge is 0.476 e. The van der Waals surface area contributed by atoms with Crippen LogP contribution in [0.5, 0.6) is 5.75 Å². The second kappa shape index (κ2) is 10.8. The van der Waals surface area contributed by atoms with E-state index in [0.29, 0.717) is 24.0 Å². The third-order valence-electron chi connectivity index (χ3n) is 4.17. The zero-order valence-electron chi connectivity index (χ0n) is 17.4. The van der Waals surface area contributed by atoms with Crippen LogP contribution in [0.1, 0.15) is 47.0 Å². The normalized spacial score (nSPS) is 11.0. The lowest BCUT2D eigenvalue weighted by Gasteiger charge is -2.25. The number of thiazole rings is 1. The quantitative estimate of drug-likeness (QED) is 0.428. The fourth-order valence-corrected chi connectivity index (χ4v) is 3.17. The molecule has 2 rings (SSSR count). The molecule has 1 heterocycles. The number of nitrogens with one attached hydrogen (secondary N) is 1. The van der Waals surface area contributed by atoms with Crippen molar-refractivity contribution in [1.29, 1.82) is 0 Å². The van der Waals surface area contributed by atoms with E-state index in [4.69, 9.17) is 9.47 Å². The van der Waals surface area contributed by atoms with Crippen LogP contribution in [0.15, 0.2) is 35.8 Å². The second-order valence-electron chi connectivity index (χ2n) is 6.95. The van der Waals surface area contributed by atoms with Crippen molar-refractivity contribution in [1.82, 2.24) is 4.98 Å². The molecule has 0 unspecified atom stereocenters. The van der Waals surface area contributed by atoms with Crippen LogP contribution in [0.25, 0.3) is 0 Å². The first kappa shape index (κ1) is 22.7. The van der Waals surface area contributed by atoms with Gasteiger partial charge < -0.3 is 9.47 Å². The number of unbranched alkanes of at least 4 members (excludes halogenated alkanes) is 2. The number of anilines is 2. The van der Waals surface area contributed by atoms with Gasteiger partial charge in [-0.2, -0.15) is 0 Å². The monoisotopic (exact) mass is 419 g/mol. The highest BCUT2D eigenvalue weighted by atomic mass is 32.1. The van der Waals surface area contributed by atoms with Crippen LogP contribution in [0.2, 0.25) is 0 Å². The Hall–Kier alpha value is -2.61. The van der Waals surface area contributed by atoms with Crippen LogP contribution in [0, 0.1) is 0 Å². The van der Waals surface area contributed by atoms with Gasteiger partial charge in [-0.05, 0) is 51.5 Å². The van der Waals surface area contributed by atoms with Gasteiger partial charge in [-0.1, -0.05) is 19.8 Å². The maximum Gasteiger partial charge on any atom is 0.349 e. The minimum atomic E-state index is -1.10. The summed E-state index contributed by atoms with van der Waals surface area (Å²) in [6, 6.07) is 6.89. The van der Waals surface area contributed by atoms with Gasteiger partial charge in [0.15, 0.2) is 10.7 Å². The predicted molar refractivity (Wildman–Crippen MR) is 116 cm³/mol. The highest BCUT2D eigenvalue weighted by Gasteiger charge is 2.31. The highest BCUT2D eigenvalue weighted by Crippen LogP contribution is 2.25. The second-order valence-corrected chi connectivity index (χ2v) is 7.85. The van der Waals surface area contributed by atoms with E-state index in [1.54, 1.807) is 44.0 Å². The summed E-state index contributed by atoms with van der Waals surface area (Å²) < 4.78 is 10.8. The number of carbonyl (C=O) groups is 2. The molecule has 0 fully saturated rings. The van der Waals surface area contributed by atoms with Crippen molar-refractivity contribution >= 4 is 34.2 Å². The maximum absolute atomic E-state index is 12.8. The Bertz CT molecular complexity index is 776. The summed E-state index contributed by atoms with van der Waals surface area (Å²) >= 11 is 1.37. The molecule has 0 atom stereocenters. The Morgan fingerprint density at radius 3 is 2.48 bits per heavy atom. The average molecular weight is 420 g/mol. The zero-order valence-corrected chi connectivity index (χ0v) is 18.3. The molecule has 0 aliphatic heterocycles. The Kier molecular flexibility index (Phi) is 8.45. The molecule has 0 radical (unpaired) electrons. The summed E-state index contributed by atoms with van der Waals surface area (Å²) in [5.41, 5.74) is -0.350. The molecule has 0 aliphatic rings. The van der Waals surface area contributed by atoms with E-state index >= 15 is 0 Å². The van der Waals surface area contributed by atoms with Crippen molar-refractivity contribution in [3.63, 3.8) is 0 Å². The molecule has 1 N–H and O–H groups in total. The van der Waals surface area contributed by atoms with Crippen molar-refractivity contribution < 1.29 is 19.1 Å². The standard InChI is InChI=1S/C21H29N3O4S/c1-5-7-8-14-24(20(26)23-19-22-13-15-29-19)16-9-11-17(12-10-16)28-21(3,4)18(25)27-6-2/h9-13,15H,5-8,14H2,1-4H3,(H,22,23,26). The lowest BCUT2D eigenvalue weighted by molar-refractivity contribution is -0.158. The van der Waals surface area contributed by atoms with Crippen molar-refractivity contribution in [3.05, 3.63) is 35.8 Å². The number of amides is 2. The van der Waals surface area contributed by atoms with Gasteiger partial charge in [0.05, 0.1) is 6.61 Å². The predicted octanol–water partition coefficient (Wildman–Crippen LogP) is 5.09. The molecular weight excluding hydrogens is 390 g/mol. The maximum atomic E-state index is 12.8. The van der Waals surface area contributed by atoms with Gasteiger partial charge in [0.25, 0.3) is 0 Å². The number of rotatable bonds is 10. The van der Waals surface area contributed by atoms with Gasteiger partial charge >= 0.3 is 12.0 Å². The lowest BCUT2D eigenvalue weighted by atomic mass is 10.1. The molecule has 2 amide bonds. The van der Waals surface area contributed by atoms with Gasteiger partial charge in [0.2, 0.25) is 0 Å². The molecule has 7 nitrogen and oxygen atoms in total. The van der Waals surface area contributed by atoms with Gasteiger partial charge in [-0.25, -0.2) is 14.6 Å². The molecule has 0 spiro atoms. The summed E-state index contributed by atoms with van der Waals surface area (Å²) in [4.78, 5) is 30.6. The molecule has 0 saturated carbocycles. The minimum Gasteiger partial charge on any atom is -0.476 e. The topological polar surface area (TPSA) is 80.8 Å². The van der Waals surface area contributed by atoms with Gasteiger partial charge in [-0.3, -0.25) is 10.2 Å². The lowest BCUT2D eigenvalue weighted by Crippen LogP contribution is -2.39. The van der Waals surface area contributed by atoms with E-state index in [-0.39, 0.29) is 6.03 Å².